The molecule has 11 nitrogen and oxygen atoms in total. The minimum Gasteiger partial charge on any atom is -0.478 e. The van der Waals surface area contributed by atoms with Gasteiger partial charge in [-0.3, -0.25) is 4.79 Å². The van der Waals surface area contributed by atoms with E-state index in [0.29, 0.717) is 24.5 Å². The number of carboxylic acids is 1. The summed E-state index contributed by atoms with van der Waals surface area (Å²) in [6.45, 7) is 3.52. The van der Waals surface area contributed by atoms with Gasteiger partial charge >= 0.3 is 12.1 Å². The molecule has 244 valence electrons. The highest BCUT2D eigenvalue weighted by molar-refractivity contribution is 6.03. The van der Waals surface area contributed by atoms with E-state index in [2.05, 4.69) is 22.1 Å². The molecule has 0 aliphatic heterocycles. The maximum absolute atomic E-state index is 15.7. The van der Waals surface area contributed by atoms with E-state index in [9.17, 15) is 27.9 Å². The molecule has 3 aromatic rings. The summed E-state index contributed by atoms with van der Waals surface area (Å²) in [6.07, 6.45) is 0.300. The molecule has 0 bridgehead atoms. The first kappa shape index (κ1) is 33.8. The number of aromatic carboxylic acids is 1. The Labute approximate surface area is 257 Å². The molecular formula is C30H35F4N5O6. The zero-order valence-corrected chi connectivity index (χ0v) is 25.3. The normalized spacial score (nSPS) is 17.0. The minimum absolute atomic E-state index is 0.0551. The van der Waals surface area contributed by atoms with Crippen molar-refractivity contribution < 1.29 is 46.5 Å². The number of pyridine rings is 1. The number of anilines is 1. The largest absolute Gasteiger partial charge is 0.478 e. The Morgan fingerprint density at radius 2 is 1.76 bits per heavy atom. The van der Waals surface area contributed by atoms with Gasteiger partial charge in [-0.1, -0.05) is 6.92 Å². The smallest absolute Gasteiger partial charge is 0.421 e. The first-order valence-corrected chi connectivity index (χ1v) is 14.3. The van der Waals surface area contributed by atoms with Crippen molar-refractivity contribution in [2.75, 3.05) is 32.3 Å². The molecule has 1 saturated carbocycles. The SMILES string of the molecule is COCC(COC)N(C(=O)C1CCC(C)CC1)c1cc(F)c(Oc2ncc(Cn3ncc(C)n3)cc2C(F)(F)F)cc1C(=O)O. The number of carboxylic acid groups (broad SMARTS) is 1. The molecule has 4 rings (SSSR count). The summed E-state index contributed by atoms with van der Waals surface area (Å²) in [6, 6.07) is 1.47. The van der Waals surface area contributed by atoms with Crippen LogP contribution in [0.25, 0.3) is 0 Å². The van der Waals surface area contributed by atoms with Crippen molar-refractivity contribution in [1.82, 2.24) is 20.0 Å². The van der Waals surface area contributed by atoms with Crippen LogP contribution in [0.1, 0.15) is 59.8 Å². The Kier molecular flexibility index (Phi) is 10.8. The molecule has 1 aromatic carbocycles. The minimum atomic E-state index is -4.95. The molecule has 1 amide bonds. The molecule has 0 unspecified atom stereocenters. The van der Waals surface area contributed by atoms with Crippen molar-refractivity contribution in [3.05, 3.63) is 58.8 Å². The van der Waals surface area contributed by atoms with E-state index in [1.165, 1.54) is 30.1 Å². The molecule has 15 heteroatoms. The van der Waals surface area contributed by atoms with Crippen LogP contribution in [0.3, 0.4) is 0 Å². The second-order valence-electron chi connectivity index (χ2n) is 11.1. The average Bonchev–Trinajstić information content (AvgIpc) is 3.39. The number of benzene rings is 1. The van der Waals surface area contributed by atoms with E-state index in [1.54, 1.807) is 6.92 Å². The topological polar surface area (TPSA) is 129 Å². The predicted octanol–water partition coefficient (Wildman–Crippen LogP) is 5.50. The molecule has 1 aliphatic rings. The van der Waals surface area contributed by atoms with Crippen molar-refractivity contribution in [2.24, 2.45) is 11.8 Å². The Morgan fingerprint density at radius 3 is 2.31 bits per heavy atom. The van der Waals surface area contributed by atoms with E-state index in [1.807, 2.05) is 0 Å². The van der Waals surface area contributed by atoms with Crippen molar-refractivity contribution >= 4 is 17.6 Å². The zero-order valence-electron chi connectivity index (χ0n) is 25.3. The first-order chi connectivity index (χ1) is 21.3. The molecule has 2 aromatic heterocycles. The van der Waals surface area contributed by atoms with Crippen LogP contribution < -0.4 is 9.64 Å². The summed E-state index contributed by atoms with van der Waals surface area (Å²) in [7, 11) is 2.79. The summed E-state index contributed by atoms with van der Waals surface area (Å²) in [4.78, 5) is 32.5. The number of nitrogens with zero attached hydrogens (tertiary/aromatic N) is 5. The van der Waals surface area contributed by atoms with Gasteiger partial charge in [-0.25, -0.2) is 14.2 Å². The highest BCUT2D eigenvalue weighted by Crippen LogP contribution is 2.40. The van der Waals surface area contributed by atoms with Crippen LogP contribution in [0, 0.1) is 24.6 Å². The molecule has 0 spiro atoms. The van der Waals surface area contributed by atoms with Crippen molar-refractivity contribution in [3.63, 3.8) is 0 Å². The number of carbonyl (C=O) groups excluding carboxylic acids is 1. The number of halogens is 4. The van der Waals surface area contributed by atoms with E-state index in [4.69, 9.17) is 14.2 Å². The van der Waals surface area contributed by atoms with Gasteiger partial charge in [0, 0.05) is 38.5 Å². The lowest BCUT2D eigenvalue weighted by molar-refractivity contribution is -0.139. The summed E-state index contributed by atoms with van der Waals surface area (Å²) >= 11 is 0. The number of ether oxygens (including phenoxy) is 3. The monoisotopic (exact) mass is 637 g/mol. The van der Waals surface area contributed by atoms with Crippen LogP contribution in [-0.4, -0.2) is 70.4 Å². The number of aryl methyl sites for hydroxylation is 1. The van der Waals surface area contributed by atoms with Gasteiger partial charge in [0.2, 0.25) is 11.8 Å². The van der Waals surface area contributed by atoms with Crippen LogP contribution in [0.4, 0.5) is 23.2 Å². The van der Waals surface area contributed by atoms with Crippen LogP contribution in [0.5, 0.6) is 11.6 Å². The molecule has 0 saturated heterocycles. The number of carbonyl (C=O) groups is 2. The van der Waals surface area contributed by atoms with Crippen molar-refractivity contribution in [3.8, 4) is 11.6 Å². The first-order valence-electron chi connectivity index (χ1n) is 14.3. The van der Waals surface area contributed by atoms with Gasteiger partial charge in [0.1, 0.15) is 5.56 Å². The van der Waals surface area contributed by atoms with Gasteiger partial charge in [-0.2, -0.15) is 28.2 Å². The lowest BCUT2D eigenvalue weighted by Crippen LogP contribution is -2.49. The van der Waals surface area contributed by atoms with Gasteiger partial charge in [0.25, 0.3) is 0 Å². The van der Waals surface area contributed by atoms with Gasteiger partial charge in [0.15, 0.2) is 11.6 Å². The summed E-state index contributed by atoms with van der Waals surface area (Å²) in [5.41, 5.74) is -1.51. The average molecular weight is 638 g/mol. The van der Waals surface area contributed by atoms with Crippen LogP contribution in [0.2, 0.25) is 0 Å². The molecule has 2 heterocycles. The second kappa shape index (κ2) is 14.3. The molecular weight excluding hydrogens is 602 g/mol. The molecule has 1 N–H and O–H groups in total. The lowest BCUT2D eigenvalue weighted by Gasteiger charge is -2.36. The predicted molar refractivity (Wildman–Crippen MR) is 153 cm³/mol. The standard InChI is InChI=1S/C30H35F4N5O6/c1-17-5-7-20(8-6-17)28(40)39(21(15-43-3)16-44-4)25-11-24(31)26(10-22(25)29(41)42)45-27-23(30(32,33)34)9-19(13-35-27)14-38-36-12-18(2)37-38/h9-13,17,20-21H,5-8,14-16H2,1-4H3,(H,41,42). The Hall–Kier alpha value is -4.11. The third kappa shape index (κ3) is 8.14. The van der Waals surface area contributed by atoms with E-state index < -0.39 is 58.6 Å². The fourth-order valence-corrected chi connectivity index (χ4v) is 5.37. The second-order valence-corrected chi connectivity index (χ2v) is 11.1. The Balaban J connectivity index is 1.75. The number of aromatic nitrogens is 4. The number of methoxy groups -OCH3 is 2. The molecule has 45 heavy (non-hydrogen) atoms. The Bertz CT molecular complexity index is 1500. The number of hydrogen-bond donors (Lipinski definition) is 1. The molecule has 0 atom stereocenters. The fraction of sp³-hybridized carbons (Fsp3) is 0.500. The Morgan fingerprint density at radius 1 is 1.09 bits per heavy atom. The maximum Gasteiger partial charge on any atom is 0.421 e. The van der Waals surface area contributed by atoms with Crippen LogP contribution in [0.15, 0.2) is 30.6 Å². The summed E-state index contributed by atoms with van der Waals surface area (Å²) in [5, 5.41) is 18.1. The third-order valence-electron chi connectivity index (χ3n) is 7.62. The quantitative estimate of drug-likeness (QED) is 0.256. The number of amides is 1. The summed E-state index contributed by atoms with van der Waals surface area (Å²) < 4.78 is 73.7. The highest BCUT2D eigenvalue weighted by Gasteiger charge is 2.38. The van der Waals surface area contributed by atoms with Crippen molar-refractivity contribution in [1.29, 1.82) is 0 Å². The number of hydrogen-bond acceptors (Lipinski definition) is 8. The summed E-state index contributed by atoms with van der Waals surface area (Å²) in [5.74, 6) is -5.00. The molecule has 1 fully saturated rings. The number of alkyl halides is 3. The van der Waals surface area contributed by atoms with E-state index in [0.717, 1.165) is 37.2 Å². The molecule has 0 radical (unpaired) electrons. The van der Waals surface area contributed by atoms with Crippen molar-refractivity contribution in [2.45, 2.75) is 58.3 Å². The fourth-order valence-electron chi connectivity index (χ4n) is 5.37. The highest BCUT2D eigenvalue weighted by atomic mass is 19.4. The van der Waals surface area contributed by atoms with Gasteiger partial charge in [0.05, 0.1) is 48.9 Å². The third-order valence-corrected chi connectivity index (χ3v) is 7.62. The van der Waals surface area contributed by atoms with Crippen LogP contribution >= 0.6 is 0 Å². The zero-order chi connectivity index (χ0) is 32.9. The van der Waals surface area contributed by atoms with Gasteiger partial charge in [-0.05, 0) is 50.2 Å². The van der Waals surface area contributed by atoms with Crippen LogP contribution in [-0.2, 0) is 27.0 Å². The number of rotatable bonds is 12. The van der Waals surface area contributed by atoms with Gasteiger partial charge in [-0.15, -0.1) is 0 Å². The van der Waals surface area contributed by atoms with Gasteiger partial charge < -0.3 is 24.2 Å². The van der Waals surface area contributed by atoms with E-state index in [-0.39, 0.29) is 31.0 Å². The molecule has 1 aliphatic carbocycles. The van der Waals surface area contributed by atoms with E-state index >= 15 is 4.39 Å². The lowest BCUT2D eigenvalue weighted by atomic mass is 9.82. The maximum atomic E-state index is 15.7.